The maximum atomic E-state index is 6.22. The number of nitrogen functional groups attached to an aromatic ring is 1. The molecule has 6 heteroatoms. The number of aromatic nitrogens is 2. The van der Waals surface area contributed by atoms with E-state index in [4.69, 9.17) is 27.4 Å². The van der Waals surface area contributed by atoms with Gasteiger partial charge in [0.15, 0.2) is 0 Å². The number of aromatic amines is 1. The lowest BCUT2D eigenvalue weighted by molar-refractivity contribution is 0.414. The number of methoxy groups -OCH3 is 1. The van der Waals surface area contributed by atoms with Crippen molar-refractivity contribution in [2.45, 2.75) is 5.92 Å². The molecule has 4 rings (SSSR count). The van der Waals surface area contributed by atoms with Gasteiger partial charge in [-0.2, -0.15) is 4.98 Å². The summed E-state index contributed by atoms with van der Waals surface area (Å²) in [4.78, 5) is 7.24. The molecule has 3 aromatic rings. The summed E-state index contributed by atoms with van der Waals surface area (Å²) in [6.45, 7) is 0. The molecule has 0 amide bonds. The van der Waals surface area contributed by atoms with Crippen molar-refractivity contribution in [3.8, 4) is 17.4 Å². The summed E-state index contributed by atoms with van der Waals surface area (Å²) in [5.41, 5.74) is 9.13. The van der Waals surface area contributed by atoms with Crippen molar-refractivity contribution in [2.24, 2.45) is 0 Å². The predicted molar refractivity (Wildman–Crippen MR) is 94.3 cm³/mol. The highest BCUT2D eigenvalue weighted by Gasteiger charge is 2.31. The number of anilines is 1. The molecule has 0 radical (unpaired) electrons. The second-order valence-corrected chi connectivity index (χ2v) is 5.91. The highest BCUT2D eigenvalue weighted by Crippen LogP contribution is 2.48. The molecule has 0 saturated heterocycles. The van der Waals surface area contributed by atoms with E-state index in [1.54, 1.807) is 7.11 Å². The maximum absolute atomic E-state index is 6.22. The van der Waals surface area contributed by atoms with Gasteiger partial charge in [-0.25, -0.2) is 0 Å². The number of ether oxygens (including phenoxy) is 2. The number of hydrogen-bond donors (Lipinski definition) is 2. The Kier molecular flexibility index (Phi) is 3.46. The van der Waals surface area contributed by atoms with E-state index < -0.39 is 0 Å². The average molecular weight is 337 g/mol. The zero-order chi connectivity index (χ0) is 16.7. The molecule has 120 valence electrons. The molecule has 0 bridgehead atoms. The van der Waals surface area contributed by atoms with Gasteiger partial charge in [0, 0.05) is 11.5 Å². The van der Waals surface area contributed by atoms with Crippen LogP contribution < -0.4 is 15.2 Å². The summed E-state index contributed by atoms with van der Waals surface area (Å²) < 4.78 is 11.5. The first-order chi connectivity index (χ1) is 11.7. The van der Waals surface area contributed by atoms with Gasteiger partial charge >= 0.3 is 0 Å². The third-order valence-electron chi connectivity index (χ3n) is 4.14. The number of nitrogens with two attached hydrogens (primary N) is 1. The number of nitrogens with one attached hydrogen (secondary N) is 1. The van der Waals surface area contributed by atoms with Crippen LogP contribution in [0.2, 0.25) is 0 Å². The fraction of sp³-hybridized carbons (Fsp3) is 0.111. The van der Waals surface area contributed by atoms with Gasteiger partial charge in [-0.15, -0.1) is 0 Å². The smallest absolute Gasteiger partial charge is 0.229 e. The molecule has 0 aliphatic carbocycles. The van der Waals surface area contributed by atoms with Crippen LogP contribution in [-0.4, -0.2) is 17.1 Å². The van der Waals surface area contributed by atoms with E-state index in [0.29, 0.717) is 16.5 Å². The van der Waals surface area contributed by atoms with E-state index in [1.165, 1.54) is 0 Å². The molecule has 1 aromatic heterocycles. The summed E-state index contributed by atoms with van der Waals surface area (Å²) >= 11 is 5.13. The Bertz CT molecular complexity index is 967. The highest BCUT2D eigenvalue weighted by atomic mass is 32.1. The third kappa shape index (κ3) is 2.32. The predicted octanol–water partition coefficient (Wildman–Crippen LogP) is 4.02. The fourth-order valence-electron chi connectivity index (χ4n) is 3.05. The van der Waals surface area contributed by atoms with E-state index in [9.17, 15) is 0 Å². The zero-order valence-corrected chi connectivity index (χ0v) is 13.8. The number of fused-ring (bicyclic) bond motifs is 2. The molecular formula is C18H15N3O2S. The minimum absolute atomic E-state index is 0.0878. The molecule has 5 nitrogen and oxygen atoms in total. The second-order valence-electron chi connectivity index (χ2n) is 5.52. The molecule has 0 fully saturated rings. The zero-order valence-electron chi connectivity index (χ0n) is 12.9. The quantitative estimate of drug-likeness (QED) is 0.541. The summed E-state index contributed by atoms with van der Waals surface area (Å²) in [6.07, 6.45) is 0. The Labute approximate surface area is 144 Å². The second kappa shape index (κ2) is 5.65. The lowest BCUT2D eigenvalue weighted by Gasteiger charge is -2.28. The summed E-state index contributed by atoms with van der Waals surface area (Å²) in [6, 6.07) is 15.8. The third-order valence-corrected chi connectivity index (χ3v) is 4.33. The minimum atomic E-state index is -0.0878. The van der Waals surface area contributed by atoms with Crippen molar-refractivity contribution < 1.29 is 9.47 Å². The molecule has 1 aliphatic rings. The van der Waals surface area contributed by atoms with Gasteiger partial charge in [-0.05, 0) is 36.0 Å². The van der Waals surface area contributed by atoms with E-state index in [-0.39, 0.29) is 5.92 Å². The fourth-order valence-corrected chi connectivity index (χ4v) is 3.24. The molecule has 3 N–H and O–H groups in total. The molecule has 0 spiro atoms. The van der Waals surface area contributed by atoms with Gasteiger partial charge in [0.25, 0.3) is 0 Å². The number of rotatable bonds is 2. The molecule has 1 atom stereocenters. The highest BCUT2D eigenvalue weighted by molar-refractivity contribution is 7.71. The van der Waals surface area contributed by atoms with Crippen LogP contribution >= 0.6 is 12.2 Å². The number of hydrogen-bond acceptors (Lipinski definition) is 5. The van der Waals surface area contributed by atoms with Crippen molar-refractivity contribution in [3.05, 3.63) is 70.0 Å². The summed E-state index contributed by atoms with van der Waals surface area (Å²) in [7, 11) is 1.65. The van der Waals surface area contributed by atoms with Gasteiger partial charge in [0.1, 0.15) is 17.3 Å². The van der Waals surface area contributed by atoms with E-state index in [0.717, 1.165) is 28.2 Å². The van der Waals surface area contributed by atoms with Crippen LogP contribution in [0.5, 0.6) is 17.4 Å². The lowest BCUT2D eigenvalue weighted by atomic mass is 9.84. The number of H-pyrrole nitrogens is 1. The van der Waals surface area contributed by atoms with Crippen molar-refractivity contribution in [2.75, 3.05) is 12.8 Å². The first-order valence-electron chi connectivity index (χ1n) is 7.48. The monoisotopic (exact) mass is 337 g/mol. The van der Waals surface area contributed by atoms with Gasteiger partial charge in [0.05, 0.1) is 12.7 Å². The van der Waals surface area contributed by atoms with Crippen LogP contribution in [0.1, 0.15) is 22.6 Å². The normalized spacial score (nSPS) is 15.1. The SMILES string of the molecule is COc1ccc(C2c3ccccc3Oc3nc(=S)[nH]c(N)c32)cc1. The summed E-state index contributed by atoms with van der Waals surface area (Å²) in [5, 5.41) is 0. The van der Waals surface area contributed by atoms with Gasteiger partial charge in [-0.1, -0.05) is 30.3 Å². The first kappa shape index (κ1) is 14.7. The van der Waals surface area contributed by atoms with Crippen LogP contribution in [0.15, 0.2) is 48.5 Å². The Morgan fingerprint density at radius 3 is 2.67 bits per heavy atom. The van der Waals surface area contributed by atoms with Crippen molar-refractivity contribution in [1.29, 1.82) is 0 Å². The van der Waals surface area contributed by atoms with Crippen molar-refractivity contribution >= 4 is 18.0 Å². The average Bonchev–Trinajstić information content (AvgIpc) is 2.60. The van der Waals surface area contributed by atoms with E-state index >= 15 is 0 Å². The van der Waals surface area contributed by atoms with Gasteiger partial charge < -0.3 is 20.2 Å². The number of nitrogens with zero attached hydrogens (tertiary/aromatic N) is 1. The first-order valence-corrected chi connectivity index (χ1v) is 7.88. The van der Waals surface area contributed by atoms with Crippen LogP contribution in [0.4, 0.5) is 5.82 Å². The lowest BCUT2D eigenvalue weighted by Crippen LogP contribution is -2.16. The standard InChI is InChI=1S/C18H15N3O2S/c1-22-11-8-6-10(7-9-11)14-12-4-2-3-5-13(12)23-17-15(14)16(19)20-18(24)21-17/h2-9,14H,1H3,(H3,19,20,21,24). The Hall–Kier alpha value is -2.86. The van der Waals surface area contributed by atoms with E-state index in [1.807, 2.05) is 48.5 Å². The number of benzene rings is 2. The van der Waals surface area contributed by atoms with Crippen molar-refractivity contribution in [3.63, 3.8) is 0 Å². The minimum Gasteiger partial charge on any atom is -0.497 e. The molecule has 1 aliphatic heterocycles. The Morgan fingerprint density at radius 2 is 1.92 bits per heavy atom. The van der Waals surface area contributed by atoms with Gasteiger partial charge in [-0.3, -0.25) is 0 Å². The van der Waals surface area contributed by atoms with Crippen LogP contribution in [0.25, 0.3) is 0 Å². The Morgan fingerprint density at radius 1 is 1.17 bits per heavy atom. The molecular weight excluding hydrogens is 322 g/mol. The molecule has 1 unspecified atom stereocenters. The van der Waals surface area contributed by atoms with E-state index in [2.05, 4.69) is 9.97 Å². The molecule has 2 aromatic carbocycles. The van der Waals surface area contributed by atoms with Crippen LogP contribution in [0.3, 0.4) is 0 Å². The topological polar surface area (TPSA) is 73.2 Å². The Balaban J connectivity index is 1.96. The van der Waals surface area contributed by atoms with Crippen LogP contribution in [-0.2, 0) is 0 Å². The van der Waals surface area contributed by atoms with Gasteiger partial charge in [0.2, 0.25) is 10.7 Å². The van der Waals surface area contributed by atoms with Crippen LogP contribution in [0, 0.1) is 4.77 Å². The maximum Gasteiger partial charge on any atom is 0.229 e. The number of para-hydroxylation sites is 1. The van der Waals surface area contributed by atoms with Crippen molar-refractivity contribution in [1.82, 2.24) is 9.97 Å². The molecule has 24 heavy (non-hydrogen) atoms. The molecule has 2 heterocycles. The largest absolute Gasteiger partial charge is 0.497 e. The molecule has 0 saturated carbocycles. The summed E-state index contributed by atoms with van der Waals surface area (Å²) in [5.74, 6) is 2.41.